The Labute approximate surface area is 114 Å². The zero-order valence-corrected chi connectivity index (χ0v) is 10.9. The van der Waals surface area contributed by atoms with Crippen molar-refractivity contribution in [2.75, 3.05) is 5.73 Å². The second-order valence-corrected chi connectivity index (χ2v) is 4.35. The lowest BCUT2D eigenvalue weighted by Crippen LogP contribution is -2.05. The van der Waals surface area contributed by atoms with Gasteiger partial charge in [0.15, 0.2) is 0 Å². The number of rotatable bonds is 2. The predicted molar refractivity (Wildman–Crippen MR) is 65.7 cm³/mol. The zero-order valence-electron chi connectivity index (χ0n) is 9.28. The maximum Gasteiger partial charge on any atom is 0.416 e. The number of alkyl halides is 3. The Balaban J connectivity index is 2.34. The largest absolute Gasteiger partial charge is 0.438 e. The molecule has 100 valence electrons. The van der Waals surface area contributed by atoms with E-state index in [1.165, 1.54) is 18.3 Å². The summed E-state index contributed by atoms with van der Waals surface area (Å²) in [5, 5.41) is 0. The van der Waals surface area contributed by atoms with Crippen LogP contribution in [-0.2, 0) is 6.18 Å². The van der Waals surface area contributed by atoms with Gasteiger partial charge >= 0.3 is 6.18 Å². The lowest BCUT2D eigenvalue weighted by atomic mass is 10.2. The minimum atomic E-state index is -4.44. The molecule has 0 aliphatic heterocycles. The van der Waals surface area contributed by atoms with Crippen molar-refractivity contribution in [2.24, 2.45) is 0 Å². The summed E-state index contributed by atoms with van der Waals surface area (Å²) < 4.78 is 43.4. The van der Waals surface area contributed by atoms with Gasteiger partial charge in [0, 0.05) is 12.3 Å². The standard InChI is InChI=1S/C11H7BrF3N3O/c12-7-2-1-6(11(13,14)15)5-8(7)19-9-3-4-17-10(16)18-9/h1-5H,(H2,16,17,18). The van der Waals surface area contributed by atoms with E-state index in [0.29, 0.717) is 4.47 Å². The van der Waals surface area contributed by atoms with Gasteiger partial charge in [0.1, 0.15) is 5.75 Å². The Kier molecular flexibility index (Phi) is 3.61. The number of hydrogen-bond acceptors (Lipinski definition) is 4. The monoisotopic (exact) mass is 333 g/mol. The highest BCUT2D eigenvalue weighted by Gasteiger charge is 2.31. The van der Waals surface area contributed by atoms with E-state index in [4.69, 9.17) is 10.5 Å². The molecule has 2 rings (SSSR count). The van der Waals surface area contributed by atoms with Gasteiger partial charge in [-0.25, -0.2) is 4.98 Å². The summed E-state index contributed by atoms with van der Waals surface area (Å²) in [6, 6.07) is 4.47. The molecule has 2 aromatic rings. The zero-order chi connectivity index (χ0) is 14.0. The summed E-state index contributed by atoms with van der Waals surface area (Å²) >= 11 is 3.11. The molecule has 0 amide bonds. The van der Waals surface area contributed by atoms with Gasteiger partial charge in [0.25, 0.3) is 0 Å². The van der Waals surface area contributed by atoms with Gasteiger partial charge in [0.2, 0.25) is 11.8 Å². The van der Waals surface area contributed by atoms with Gasteiger partial charge in [-0.05, 0) is 34.1 Å². The number of nitrogens with zero attached hydrogens (tertiary/aromatic N) is 2. The molecule has 0 aliphatic carbocycles. The molecule has 0 aliphatic rings. The molecule has 19 heavy (non-hydrogen) atoms. The molecular weight excluding hydrogens is 327 g/mol. The second kappa shape index (κ2) is 5.04. The summed E-state index contributed by atoms with van der Waals surface area (Å²) in [4.78, 5) is 7.40. The first-order valence-corrected chi connectivity index (χ1v) is 5.78. The molecule has 0 fully saturated rings. The van der Waals surface area contributed by atoms with Gasteiger partial charge in [-0.15, -0.1) is 0 Å². The van der Waals surface area contributed by atoms with E-state index < -0.39 is 11.7 Å². The van der Waals surface area contributed by atoms with E-state index in [1.807, 2.05) is 0 Å². The molecule has 0 bridgehead atoms. The highest BCUT2D eigenvalue weighted by Crippen LogP contribution is 2.36. The fourth-order valence-electron chi connectivity index (χ4n) is 1.28. The van der Waals surface area contributed by atoms with Crippen molar-refractivity contribution in [1.82, 2.24) is 9.97 Å². The molecular formula is C11H7BrF3N3O. The van der Waals surface area contributed by atoms with Crippen LogP contribution in [-0.4, -0.2) is 9.97 Å². The molecule has 2 N–H and O–H groups in total. The lowest BCUT2D eigenvalue weighted by molar-refractivity contribution is -0.137. The third-order valence-corrected chi connectivity index (χ3v) is 2.78. The molecule has 0 spiro atoms. The number of nitrogens with two attached hydrogens (primary N) is 1. The Morgan fingerprint density at radius 3 is 2.58 bits per heavy atom. The van der Waals surface area contributed by atoms with E-state index in [1.54, 1.807) is 0 Å². The number of aromatic nitrogens is 2. The molecule has 1 aromatic heterocycles. The molecule has 1 heterocycles. The molecule has 0 saturated heterocycles. The Bertz CT molecular complexity index is 604. The fourth-order valence-corrected chi connectivity index (χ4v) is 1.61. The quantitative estimate of drug-likeness (QED) is 0.911. The predicted octanol–water partition coefficient (Wildman–Crippen LogP) is 3.63. The summed E-state index contributed by atoms with van der Waals surface area (Å²) in [5.74, 6) is 0.0287. The first kappa shape index (κ1) is 13.6. The van der Waals surface area contributed by atoms with Crippen molar-refractivity contribution in [2.45, 2.75) is 6.18 Å². The van der Waals surface area contributed by atoms with Crippen LogP contribution in [0.4, 0.5) is 19.1 Å². The summed E-state index contributed by atoms with van der Waals surface area (Å²) in [7, 11) is 0. The maximum absolute atomic E-state index is 12.6. The lowest BCUT2D eigenvalue weighted by Gasteiger charge is -2.11. The van der Waals surface area contributed by atoms with Gasteiger partial charge in [-0.3, -0.25) is 0 Å². The van der Waals surface area contributed by atoms with Crippen LogP contribution in [0.2, 0.25) is 0 Å². The highest BCUT2D eigenvalue weighted by molar-refractivity contribution is 9.10. The first-order chi connectivity index (χ1) is 8.86. The summed E-state index contributed by atoms with van der Waals surface area (Å²) in [6.07, 6.45) is -3.09. The number of halogens is 4. The van der Waals surface area contributed by atoms with Crippen molar-refractivity contribution < 1.29 is 17.9 Å². The van der Waals surface area contributed by atoms with Crippen LogP contribution in [0.15, 0.2) is 34.9 Å². The second-order valence-electron chi connectivity index (χ2n) is 3.50. The van der Waals surface area contributed by atoms with Gasteiger partial charge in [-0.2, -0.15) is 18.2 Å². The number of anilines is 1. The van der Waals surface area contributed by atoms with Crippen LogP contribution in [0.3, 0.4) is 0 Å². The average Bonchev–Trinajstić information content (AvgIpc) is 2.30. The van der Waals surface area contributed by atoms with Crippen molar-refractivity contribution in [3.63, 3.8) is 0 Å². The molecule has 0 radical (unpaired) electrons. The Morgan fingerprint density at radius 2 is 1.95 bits per heavy atom. The van der Waals surface area contributed by atoms with E-state index >= 15 is 0 Å². The Morgan fingerprint density at radius 1 is 1.21 bits per heavy atom. The van der Waals surface area contributed by atoms with Crippen LogP contribution < -0.4 is 10.5 Å². The molecule has 0 atom stereocenters. The van der Waals surface area contributed by atoms with Gasteiger partial charge in [0.05, 0.1) is 10.0 Å². The fraction of sp³-hybridized carbons (Fsp3) is 0.0909. The Hall–Kier alpha value is -1.83. The molecule has 0 saturated carbocycles. The highest BCUT2D eigenvalue weighted by atomic mass is 79.9. The first-order valence-electron chi connectivity index (χ1n) is 4.99. The van der Waals surface area contributed by atoms with Crippen LogP contribution >= 0.6 is 15.9 Å². The van der Waals surface area contributed by atoms with Crippen LogP contribution in [0, 0.1) is 0 Å². The SMILES string of the molecule is Nc1nccc(Oc2cc(C(F)(F)F)ccc2Br)n1. The number of nitrogen functional groups attached to an aromatic ring is 1. The minimum absolute atomic E-state index is 0.00655. The van der Waals surface area contributed by atoms with Gasteiger partial charge in [-0.1, -0.05) is 0 Å². The van der Waals surface area contributed by atoms with E-state index in [2.05, 4.69) is 25.9 Å². The van der Waals surface area contributed by atoms with Gasteiger partial charge < -0.3 is 10.5 Å². The average molecular weight is 334 g/mol. The molecule has 8 heteroatoms. The molecule has 4 nitrogen and oxygen atoms in total. The molecule has 1 aromatic carbocycles. The van der Waals surface area contributed by atoms with Crippen LogP contribution in [0.1, 0.15) is 5.56 Å². The topological polar surface area (TPSA) is 61.0 Å². The smallest absolute Gasteiger partial charge is 0.416 e. The molecule has 0 unspecified atom stereocenters. The summed E-state index contributed by atoms with van der Waals surface area (Å²) in [6.45, 7) is 0. The van der Waals surface area contributed by atoms with Crippen molar-refractivity contribution in [3.8, 4) is 11.6 Å². The third kappa shape index (κ3) is 3.34. The van der Waals surface area contributed by atoms with Crippen LogP contribution in [0.5, 0.6) is 11.6 Å². The summed E-state index contributed by atoms with van der Waals surface area (Å²) in [5.41, 5.74) is 4.54. The van der Waals surface area contributed by atoms with Crippen molar-refractivity contribution >= 4 is 21.9 Å². The third-order valence-electron chi connectivity index (χ3n) is 2.12. The van der Waals surface area contributed by atoms with E-state index in [-0.39, 0.29) is 17.6 Å². The van der Waals surface area contributed by atoms with E-state index in [9.17, 15) is 13.2 Å². The minimum Gasteiger partial charge on any atom is -0.438 e. The number of benzene rings is 1. The van der Waals surface area contributed by atoms with Crippen molar-refractivity contribution in [1.29, 1.82) is 0 Å². The van der Waals surface area contributed by atoms with Crippen LogP contribution in [0.25, 0.3) is 0 Å². The van der Waals surface area contributed by atoms with E-state index in [0.717, 1.165) is 12.1 Å². The number of hydrogen-bond donors (Lipinski definition) is 1. The maximum atomic E-state index is 12.6. The number of ether oxygens (including phenoxy) is 1. The normalized spacial score (nSPS) is 11.4. The van der Waals surface area contributed by atoms with Crippen molar-refractivity contribution in [3.05, 3.63) is 40.5 Å².